The Morgan fingerprint density at radius 2 is 1.68 bits per heavy atom. The maximum Gasteiger partial charge on any atom is 0.0602 e. The Kier molecular flexibility index (Phi) is 9.47. The molecule has 4 heteroatoms. The van der Waals surface area contributed by atoms with Crippen molar-refractivity contribution in [1.29, 1.82) is 0 Å². The standard InChI is InChI=1S/C33H55NO3/c1-6-29(36)31-27-15-14-26(23(2)11-10-20-34(5)22-24-12-8-7-9-13-24)33(27,4)30(37)21-28(31)32(3)18-16-25(35)17-19-32/h7-9,12-13,23,25-31,35-37H,6,10-11,14-22H2,1-5H3/t23?,25?,26?,27-,28-,29+,30-,31?,32?,33?/m0/s1. The summed E-state index contributed by atoms with van der Waals surface area (Å²) in [6.07, 6.45) is 9.24. The van der Waals surface area contributed by atoms with E-state index in [0.717, 1.165) is 58.0 Å². The molecule has 0 radical (unpaired) electrons. The molecule has 210 valence electrons. The number of hydrogen-bond acceptors (Lipinski definition) is 4. The molecule has 3 aliphatic carbocycles. The van der Waals surface area contributed by atoms with Crippen LogP contribution >= 0.6 is 0 Å². The summed E-state index contributed by atoms with van der Waals surface area (Å²) < 4.78 is 0. The zero-order chi connectivity index (χ0) is 26.8. The second-order valence-electron chi connectivity index (χ2n) is 13.8. The fourth-order valence-corrected chi connectivity index (χ4v) is 9.24. The SMILES string of the molecule is CC[C@@H](O)C1[C@@H](C2(C)CCC(O)CC2)C[C@H](O)C2(C)C(C(C)CCCN(C)Cc3ccccc3)CC[C@@H]12. The predicted octanol–water partition coefficient (Wildman–Crippen LogP) is 6.28. The number of fused-ring (bicyclic) bond motifs is 1. The van der Waals surface area contributed by atoms with Crippen molar-refractivity contribution in [2.75, 3.05) is 13.6 Å². The van der Waals surface area contributed by atoms with Gasteiger partial charge in [0.25, 0.3) is 0 Å². The number of benzene rings is 1. The van der Waals surface area contributed by atoms with Crippen LogP contribution in [0.5, 0.6) is 0 Å². The highest BCUT2D eigenvalue weighted by Crippen LogP contribution is 2.65. The number of nitrogens with zero attached hydrogens (tertiary/aromatic N) is 1. The summed E-state index contributed by atoms with van der Waals surface area (Å²) in [5.41, 5.74) is 1.36. The molecule has 4 rings (SSSR count). The molecule has 0 aliphatic heterocycles. The van der Waals surface area contributed by atoms with Crippen molar-refractivity contribution >= 4 is 0 Å². The summed E-state index contributed by atoms with van der Waals surface area (Å²) >= 11 is 0. The predicted molar refractivity (Wildman–Crippen MR) is 152 cm³/mol. The van der Waals surface area contributed by atoms with Crippen LogP contribution in [0.25, 0.3) is 0 Å². The van der Waals surface area contributed by atoms with Crippen molar-refractivity contribution in [3.8, 4) is 0 Å². The van der Waals surface area contributed by atoms with Gasteiger partial charge in [-0.15, -0.1) is 0 Å². The zero-order valence-electron chi connectivity index (χ0n) is 24.3. The highest BCUT2D eigenvalue weighted by Gasteiger charge is 2.62. The van der Waals surface area contributed by atoms with E-state index in [-0.39, 0.29) is 35.1 Å². The van der Waals surface area contributed by atoms with Crippen molar-refractivity contribution in [2.45, 2.75) is 117 Å². The van der Waals surface area contributed by atoms with Crippen LogP contribution in [-0.2, 0) is 6.54 Å². The Balaban J connectivity index is 1.43. The average Bonchev–Trinajstić information content (AvgIpc) is 3.24. The largest absolute Gasteiger partial charge is 0.393 e. The first-order valence-corrected chi connectivity index (χ1v) is 15.4. The van der Waals surface area contributed by atoms with Gasteiger partial charge in [-0.25, -0.2) is 0 Å². The third-order valence-electron chi connectivity index (χ3n) is 11.5. The lowest BCUT2D eigenvalue weighted by molar-refractivity contribution is -0.166. The second kappa shape index (κ2) is 12.1. The first kappa shape index (κ1) is 29.1. The van der Waals surface area contributed by atoms with Crippen LogP contribution in [0.1, 0.15) is 97.5 Å². The Hall–Kier alpha value is -0.940. The minimum absolute atomic E-state index is 0.107. The monoisotopic (exact) mass is 513 g/mol. The quantitative estimate of drug-likeness (QED) is 0.345. The van der Waals surface area contributed by atoms with Gasteiger partial charge < -0.3 is 20.2 Å². The maximum absolute atomic E-state index is 11.8. The summed E-state index contributed by atoms with van der Waals surface area (Å²) in [4.78, 5) is 2.43. The Bertz CT molecular complexity index is 837. The number of aliphatic hydroxyl groups excluding tert-OH is 3. The summed E-state index contributed by atoms with van der Waals surface area (Å²) in [5, 5.41) is 33.4. The normalized spacial score (nSPS) is 39.9. The molecule has 37 heavy (non-hydrogen) atoms. The highest BCUT2D eigenvalue weighted by atomic mass is 16.3. The smallest absolute Gasteiger partial charge is 0.0602 e. The first-order chi connectivity index (χ1) is 17.6. The van der Waals surface area contributed by atoms with Gasteiger partial charge in [0.1, 0.15) is 0 Å². The van der Waals surface area contributed by atoms with Crippen LogP contribution in [0, 0.1) is 40.4 Å². The van der Waals surface area contributed by atoms with E-state index in [1.165, 1.54) is 24.8 Å². The Morgan fingerprint density at radius 1 is 1.00 bits per heavy atom. The minimum atomic E-state index is -0.304. The van der Waals surface area contributed by atoms with Gasteiger partial charge >= 0.3 is 0 Å². The van der Waals surface area contributed by atoms with Crippen molar-refractivity contribution < 1.29 is 15.3 Å². The lowest BCUT2D eigenvalue weighted by Crippen LogP contribution is -2.57. The fourth-order valence-electron chi connectivity index (χ4n) is 9.24. The van der Waals surface area contributed by atoms with E-state index in [2.05, 4.69) is 70.0 Å². The van der Waals surface area contributed by atoms with Crippen LogP contribution in [0.3, 0.4) is 0 Å². The number of hydrogen-bond donors (Lipinski definition) is 3. The minimum Gasteiger partial charge on any atom is -0.393 e. The van der Waals surface area contributed by atoms with E-state index < -0.39 is 0 Å². The molecule has 0 amide bonds. The molecular formula is C33H55NO3. The molecule has 3 aliphatic rings. The lowest BCUT2D eigenvalue weighted by atomic mass is 9.48. The van der Waals surface area contributed by atoms with E-state index in [1.54, 1.807) is 0 Å². The highest BCUT2D eigenvalue weighted by molar-refractivity contribution is 5.14. The average molecular weight is 514 g/mol. The van der Waals surface area contributed by atoms with Gasteiger partial charge in [0, 0.05) is 6.54 Å². The summed E-state index contributed by atoms with van der Waals surface area (Å²) in [5.74, 6) is 2.07. The molecule has 4 unspecified atom stereocenters. The van der Waals surface area contributed by atoms with Crippen LogP contribution in [-0.4, -0.2) is 52.1 Å². The van der Waals surface area contributed by atoms with E-state index in [1.807, 2.05) is 0 Å². The van der Waals surface area contributed by atoms with E-state index >= 15 is 0 Å². The van der Waals surface area contributed by atoms with Gasteiger partial charge in [0.05, 0.1) is 18.3 Å². The van der Waals surface area contributed by atoms with Gasteiger partial charge in [-0.05, 0) is 124 Å². The van der Waals surface area contributed by atoms with Crippen LogP contribution in [0.15, 0.2) is 30.3 Å². The Labute approximate surface area is 226 Å². The maximum atomic E-state index is 11.8. The molecule has 3 N–H and O–H groups in total. The third kappa shape index (κ3) is 5.98. The molecular weight excluding hydrogens is 458 g/mol. The molecule has 8 atom stereocenters. The number of aliphatic hydroxyl groups is 3. The summed E-state index contributed by atoms with van der Waals surface area (Å²) in [6, 6.07) is 10.7. The molecule has 3 fully saturated rings. The van der Waals surface area contributed by atoms with E-state index in [9.17, 15) is 15.3 Å². The third-order valence-corrected chi connectivity index (χ3v) is 11.5. The molecule has 3 saturated carbocycles. The molecule has 4 nitrogen and oxygen atoms in total. The molecule has 0 bridgehead atoms. The van der Waals surface area contributed by atoms with Crippen LogP contribution in [0.4, 0.5) is 0 Å². The molecule has 0 aromatic heterocycles. The first-order valence-electron chi connectivity index (χ1n) is 15.4. The topological polar surface area (TPSA) is 63.9 Å². The molecule has 0 heterocycles. The molecule has 1 aromatic carbocycles. The van der Waals surface area contributed by atoms with Gasteiger partial charge in [0.2, 0.25) is 0 Å². The van der Waals surface area contributed by atoms with Crippen molar-refractivity contribution in [2.24, 2.45) is 40.4 Å². The lowest BCUT2D eigenvalue weighted by Gasteiger charge is -2.58. The fraction of sp³-hybridized carbons (Fsp3) is 0.818. The second-order valence-corrected chi connectivity index (χ2v) is 13.8. The molecule has 0 spiro atoms. The Morgan fingerprint density at radius 3 is 2.32 bits per heavy atom. The molecule has 1 aromatic rings. The summed E-state index contributed by atoms with van der Waals surface area (Å²) in [7, 11) is 2.22. The van der Waals surface area contributed by atoms with Crippen LogP contribution in [0.2, 0.25) is 0 Å². The van der Waals surface area contributed by atoms with Gasteiger partial charge in [0.15, 0.2) is 0 Å². The van der Waals surface area contributed by atoms with Gasteiger partial charge in [-0.1, -0.05) is 58.0 Å². The molecule has 0 saturated heterocycles. The van der Waals surface area contributed by atoms with Gasteiger partial charge in [-0.2, -0.15) is 0 Å². The number of rotatable bonds is 10. The van der Waals surface area contributed by atoms with Crippen molar-refractivity contribution in [3.05, 3.63) is 35.9 Å². The van der Waals surface area contributed by atoms with Crippen molar-refractivity contribution in [3.63, 3.8) is 0 Å². The van der Waals surface area contributed by atoms with Crippen molar-refractivity contribution in [1.82, 2.24) is 4.90 Å². The summed E-state index contributed by atoms with van der Waals surface area (Å²) in [6.45, 7) is 11.4. The van der Waals surface area contributed by atoms with Crippen LogP contribution < -0.4 is 0 Å². The van der Waals surface area contributed by atoms with Gasteiger partial charge in [-0.3, -0.25) is 0 Å². The van der Waals surface area contributed by atoms with E-state index in [4.69, 9.17) is 0 Å². The zero-order valence-corrected chi connectivity index (χ0v) is 24.3. The van der Waals surface area contributed by atoms with E-state index in [0.29, 0.717) is 23.7 Å².